The zero-order valence-corrected chi connectivity index (χ0v) is 8.43. The van der Waals surface area contributed by atoms with Crippen LogP contribution in [0.2, 0.25) is 0 Å². The zero-order chi connectivity index (χ0) is 4.50. The van der Waals surface area contributed by atoms with E-state index in [2.05, 4.69) is 0 Å². The van der Waals surface area contributed by atoms with E-state index in [1.54, 1.807) is 0 Å². The third kappa shape index (κ3) is 101. The quantitative estimate of drug-likeness (QED) is 0.251. The van der Waals surface area contributed by atoms with Gasteiger partial charge in [-0.1, -0.05) is 0 Å². The van der Waals surface area contributed by atoms with Gasteiger partial charge in [-0.15, -0.1) is 0 Å². The van der Waals surface area contributed by atoms with E-state index in [0.717, 1.165) is 0 Å². The average Bonchev–Trinajstić information content (AvgIpc) is 0.722. The van der Waals surface area contributed by atoms with E-state index in [0.29, 0.717) is 0 Å². The SMILES string of the molecule is O=P([O-])([O-])[O-].[Fe+2].[IH2+].[Li+]. The summed E-state index contributed by atoms with van der Waals surface area (Å²) < 4.78 is 8.55. The van der Waals surface area contributed by atoms with Gasteiger partial charge in [0.05, 0.1) is 0 Å². The Balaban J connectivity index is -0.0000000267. The van der Waals surface area contributed by atoms with Crippen molar-refractivity contribution in [3.05, 3.63) is 0 Å². The van der Waals surface area contributed by atoms with Crippen LogP contribution in [0.4, 0.5) is 0 Å². The summed E-state index contributed by atoms with van der Waals surface area (Å²) in [4.78, 5) is 25.6. The molecule has 0 bridgehead atoms. The number of rotatable bonds is 0. The first-order valence-corrected chi connectivity index (χ1v) is 2.19. The van der Waals surface area contributed by atoms with Crippen molar-refractivity contribution in [1.29, 1.82) is 0 Å². The smallest absolute Gasteiger partial charge is 0.822 e. The van der Waals surface area contributed by atoms with Crippen molar-refractivity contribution in [1.82, 2.24) is 0 Å². The van der Waals surface area contributed by atoms with Crippen LogP contribution in [-0.4, -0.2) is 0 Å². The molecule has 0 saturated heterocycles. The van der Waals surface area contributed by atoms with Gasteiger partial charge in [-0.3, -0.25) is 0 Å². The molecule has 0 aliphatic heterocycles. The number of hydrogen-bond acceptors (Lipinski definition) is 4. The van der Waals surface area contributed by atoms with Gasteiger partial charge in [-0.05, 0) is 0 Å². The van der Waals surface area contributed by atoms with Gasteiger partial charge in [0.2, 0.25) is 24.0 Å². The van der Waals surface area contributed by atoms with Gasteiger partial charge in [0, 0.05) is 0 Å². The van der Waals surface area contributed by atoms with Gasteiger partial charge in [-0.25, -0.2) is 0 Å². The standard InChI is InChI=1S/Fe.H2I.Li.H3O4P/c;;;1-5(2,3)4/h;1H2;;(H3,1,2,3,4)/q+2;2*+1;/p-3. The minimum atomic E-state index is -5.39. The topological polar surface area (TPSA) is 86.2 Å². The van der Waals surface area contributed by atoms with Crippen LogP contribution < -0.4 is 57.5 Å². The molecule has 0 heterocycles. The minimum Gasteiger partial charge on any atom is -0.822 e. The molecule has 8 heteroatoms. The summed E-state index contributed by atoms with van der Waals surface area (Å²) >= 11 is 0. The summed E-state index contributed by atoms with van der Waals surface area (Å²) in [7, 11) is -5.39. The van der Waals surface area contributed by atoms with Crippen molar-refractivity contribution >= 4 is 7.82 Å². The molecule has 8 heavy (non-hydrogen) atoms. The summed E-state index contributed by atoms with van der Waals surface area (Å²) in [5.74, 6) is 0. The molecular weight excluding hydrogens is 285 g/mol. The molecule has 0 saturated carbocycles. The van der Waals surface area contributed by atoms with Gasteiger partial charge in [0.15, 0.2) is 0 Å². The normalized spacial score (nSPS) is 7.38. The van der Waals surface area contributed by atoms with Crippen molar-refractivity contribution in [2.75, 3.05) is 0 Å². The molecule has 0 unspecified atom stereocenters. The van der Waals surface area contributed by atoms with Crippen molar-refractivity contribution in [3.8, 4) is 0 Å². The molecule has 0 radical (unpaired) electrons. The van der Waals surface area contributed by atoms with Gasteiger partial charge >= 0.3 is 35.9 Å². The summed E-state index contributed by atoms with van der Waals surface area (Å²) in [5.41, 5.74) is 0. The fourth-order valence-electron chi connectivity index (χ4n) is 0. The maximum atomic E-state index is 8.55. The van der Waals surface area contributed by atoms with Crippen LogP contribution in [0.3, 0.4) is 0 Å². The Kier molecular flexibility index (Phi) is 25.2. The van der Waals surface area contributed by atoms with E-state index >= 15 is 0 Å². The van der Waals surface area contributed by atoms with Gasteiger partial charge in [0.25, 0.3) is 0 Å². The van der Waals surface area contributed by atoms with Crippen LogP contribution in [0, 0.1) is 0 Å². The summed E-state index contributed by atoms with van der Waals surface area (Å²) in [6.07, 6.45) is 0. The van der Waals surface area contributed by atoms with Crippen molar-refractivity contribution in [3.63, 3.8) is 0 Å². The molecule has 0 spiro atoms. The Morgan fingerprint density at radius 2 is 1.12 bits per heavy atom. The molecule has 0 aliphatic rings. The second-order valence-electron chi connectivity index (χ2n) is 0.447. The van der Waals surface area contributed by atoms with E-state index in [-0.39, 0.29) is 59.9 Å². The van der Waals surface area contributed by atoms with Crippen LogP contribution in [0.15, 0.2) is 0 Å². The molecular formula is H2FeILiO4P+. The molecule has 0 aromatic rings. The number of halogens is 1. The molecule has 0 amide bonds. The zero-order valence-electron chi connectivity index (χ0n) is 3.88. The maximum Gasteiger partial charge on any atom is 2.00 e. The Labute approximate surface area is 86.3 Å². The third-order valence-electron chi connectivity index (χ3n) is 0. The maximum absolute atomic E-state index is 8.55. The summed E-state index contributed by atoms with van der Waals surface area (Å²) in [6, 6.07) is 0. The molecule has 0 rings (SSSR count). The number of hydrogen-bond donors (Lipinski definition) is 0. The van der Waals surface area contributed by atoms with Crippen molar-refractivity contribution in [2.24, 2.45) is 0 Å². The van der Waals surface area contributed by atoms with E-state index in [9.17, 15) is 0 Å². The van der Waals surface area contributed by atoms with E-state index in [4.69, 9.17) is 19.2 Å². The van der Waals surface area contributed by atoms with Crippen LogP contribution in [0.25, 0.3) is 0 Å². The van der Waals surface area contributed by atoms with Gasteiger partial charge < -0.3 is 19.2 Å². The molecule has 0 atom stereocenters. The first-order chi connectivity index (χ1) is 2.00. The van der Waals surface area contributed by atoms with E-state index in [1.165, 1.54) is 0 Å². The van der Waals surface area contributed by atoms with Gasteiger partial charge in [0.1, 0.15) is 0 Å². The third-order valence-corrected chi connectivity index (χ3v) is 0. The van der Waals surface area contributed by atoms with Gasteiger partial charge in [-0.2, -0.15) is 7.82 Å². The fourth-order valence-corrected chi connectivity index (χ4v) is 0. The minimum absolute atomic E-state index is 0. The van der Waals surface area contributed by atoms with Crippen LogP contribution in [0.5, 0.6) is 0 Å². The second-order valence-corrected chi connectivity index (χ2v) is 1.34. The number of phosphoric acid groups is 1. The van der Waals surface area contributed by atoms with Crippen molar-refractivity contribution < 1.29 is 79.2 Å². The predicted octanol–water partition coefficient (Wildman–Crippen LogP) is -9.35. The molecule has 0 aromatic heterocycles. The Morgan fingerprint density at radius 3 is 1.12 bits per heavy atom. The summed E-state index contributed by atoms with van der Waals surface area (Å²) in [5, 5.41) is 0. The Bertz CT molecular complexity index is 62.2. The molecule has 4 nitrogen and oxygen atoms in total. The van der Waals surface area contributed by atoms with Crippen LogP contribution in [-0.2, 0) is 21.6 Å². The van der Waals surface area contributed by atoms with E-state index < -0.39 is 7.82 Å². The van der Waals surface area contributed by atoms with Crippen LogP contribution >= 0.6 is 7.82 Å². The molecule has 0 aliphatic carbocycles. The first-order valence-electron chi connectivity index (χ1n) is 0.730. The largest absolute Gasteiger partial charge is 2.00 e. The monoisotopic (exact) mass is 287 g/mol. The first kappa shape index (κ1) is 22.5. The Hall–Kier alpha value is 1.96. The van der Waals surface area contributed by atoms with E-state index in [1.807, 2.05) is 0 Å². The molecule has 0 aromatic carbocycles. The summed E-state index contributed by atoms with van der Waals surface area (Å²) in [6.45, 7) is 0. The van der Waals surface area contributed by atoms with Crippen molar-refractivity contribution in [2.45, 2.75) is 0 Å². The fraction of sp³-hybridized carbons (Fsp3) is 0. The average molecular weight is 287 g/mol. The molecule has 0 N–H and O–H groups in total. The molecule has 46 valence electrons. The van der Waals surface area contributed by atoms with Crippen LogP contribution in [0.1, 0.15) is 0 Å². The Morgan fingerprint density at radius 1 is 1.12 bits per heavy atom. The second kappa shape index (κ2) is 8.96. The molecule has 0 fully saturated rings. The predicted molar refractivity (Wildman–Crippen MR) is 10.4 cm³/mol.